The molecule has 1 unspecified atom stereocenters. The first kappa shape index (κ1) is 12.3. The lowest BCUT2D eigenvalue weighted by Crippen LogP contribution is -2.10. The van der Waals surface area contributed by atoms with Crippen molar-refractivity contribution >= 4 is 0 Å². The lowest BCUT2D eigenvalue weighted by atomic mass is 10.2. The molecule has 0 radical (unpaired) electrons. The van der Waals surface area contributed by atoms with Crippen LogP contribution in [0.4, 0.5) is 0 Å². The van der Waals surface area contributed by atoms with E-state index in [1.54, 1.807) is 6.08 Å². The standard InChI is InChI=1S/C12H12O2/c1-2-3-4-5-6-7-8-9-10-12(14)11-13/h1,7-8,12-14H,9-11H2/b8-7+. The molecule has 1 atom stereocenters. The quantitative estimate of drug-likeness (QED) is 0.624. The van der Waals surface area contributed by atoms with Gasteiger partial charge < -0.3 is 10.2 Å². The molecule has 14 heavy (non-hydrogen) atoms. The maximum absolute atomic E-state index is 8.97. The van der Waals surface area contributed by atoms with Crippen LogP contribution in [-0.4, -0.2) is 22.9 Å². The molecule has 0 spiro atoms. The van der Waals surface area contributed by atoms with Crippen molar-refractivity contribution in [1.29, 1.82) is 0 Å². The summed E-state index contributed by atoms with van der Waals surface area (Å²) in [7, 11) is 0. The van der Waals surface area contributed by atoms with Gasteiger partial charge >= 0.3 is 0 Å². The van der Waals surface area contributed by atoms with E-state index in [0.29, 0.717) is 12.8 Å². The van der Waals surface area contributed by atoms with Gasteiger partial charge in [0, 0.05) is 0 Å². The zero-order chi connectivity index (χ0) is 10.6. The second-order valence-electron chi connectivity index (χ2n) is 2.48. The van der Waals surface area contributed by atoms with Crippen molar-refractivity contribution in [3.8, 4) is 36.0 Å². The average Bonchev–Trinajstić information content (AvgIpc) is 2.21. The van der Waals surface area contributed by atoms with E-state index >= 15 is 0 Å². The van der Waals surface area contributed by atoms with Crippen LogP contribution in [-0.2, 0) is 0 Å². The van der Waals surface area contributed by atoms with Gasteiger partial charge in [0.05, 0.1) is 12.7 Å². The highest BCUT2D eigenvalue weighted by molar-refractivity contribution is 5.36. The van der Waals surface area contributed by atoms with E-state index in [4.69, 9.17) is 16.6 Å². The summed E-state index contributed by atoms with van der Waals surface area (Å²) in [5.41, 5.74) is 0. The molecule has 2 N–H and O–H groups in total. The lowest BCUT2D eigenvalue weighted by Gasteiger charge is -2.01. The molecule has 0 rings (SSSR count). The van der Waals surface area contributed by atoms with Gasteiger partial charge in [-0.25, -0.2) is 0 Å². The largest absolute Gasteiger partial charge is 0.394 e. The third kappa shape index (κ3) is 8.44. The summed E-state index contributed by atoms with van der Waals surface area (Å²) < 4.78 is 0. The van der Waals surface area contributed by atoms with Crippen LogP contribution in [0.15, 0.2) is 12.2 Å². The molecule has 0 saturated carbocycles. The normalized spacial score (nSPS) is 10.6. The molecule has 0 aliphatic rings. The first-order chi connectivity index (χ1) is 6.81. The summed E-state index contributed by atoms with van der Waals surface area (Å²) in [6.07, 6.45) is 8.90. The summed E-state index contributed by atoms with van der Waals surface area (Å²) >= 11 is 0. The number of allylic oxidation sites excluding steroid dienone is 2. The second kappa shape index (κ2) is 9.43. The van der Waals surface area contributed by atoms with Crippen LogP contribution in [0.2, 0.25) is 0 Å². The Kier molecular flexibility index (Phi) is 8.31. The Morgan fingerprint density at radius 1 is 1.29 bits per heavy atom. The summed E-state index contributed by atoms with van der Waals surface area (Å²) in [5, 5.41) is 17.5. The number of aliphatic hydroxyl groups is 2. The maximum atomic E-state index is 8.97. The highest BCUT2D eigenvalue weighted by Gasteiger charge is 1.97. The number of aliphatic hydroxyl groups excluding tert-OH is 2. The van der Waals surface area contributed by atoms with Crippen LogP contribution in [0.5, 0.6) is 0 Å². The minimum absolute atomic E-state index is 0.201. The van der Waals surface area contributed by atoms with E-state index in [2.05, 4.69) is 29.6 Å². The molecule has 2 heteroatoms. The first-order valence-electron chi connectivity index (χ1n) is 4.21. The Bertz CT molecular complexity index is 325. The van der Waals surface area contributed by atoms with Crippen molar-refractivity contribution < 1.29 is 10.2 Å². The number of terminal acetylenes is 1. The first-order valence-corrected chi connectivity index (χ1v) is 4.21. The summed E-state index contributed by atoms with van der Waals surface area (Å²) in [6.45, 7) is -0.201. The van der Waals surface area contributed by atoms with Crippen molar-refractivity contribution in [2.45, 2.75) is 18.9 Å². The van der Waals surface area contributed by atoms with E-state index in [-0.39, 0.29) is 6.61 Å². The SMILES string of the molecule is C#CC#CC#C/C=C/CCC(O)CO. The topological polar surface area (TPSA) is 40.5 Å². The lowest BCUT2D eigenvalue weighted by molar-refractivity contribution is 0.0891. The van der Waals surface area contributed by atoms with Gasteiger partial charge in [0.25, 0.3) is 0 Å². The van der Waals surface area contributed by atoms with Gasteiger partial charge in [0.2, 0.25) is 0 Å². The molecule has 72 valence electrons. The Labute approximate surface area is 84.7 Å². The molecule has 0 bridgehead atoms. The predicted octanol–water partition coefficient (Wildman–Crippen LogP) is 0.316. The zero-order valence-corrected chi connectivity index (χ0v) is 7.83. The van der Waals surface area contributed by atoms with Crippen LogP contribution < -0.4 is 0 Å². The molecule has 0 aliphatic heterocycles. The minimum atomic E-state index is -0.645. The summed E-state index contributed by atoms with van der Waals surface area (Å²) in [5.74, 6) is 12.2. The monoisotopic (exact) mass is 188 g/mol. The van der Waals surface area contributed by atoms with Gasteiger partial charge in [0.1, 0.15) is 0 Å². The molecule has 0 fully saturated rings. The molecular formula is C12H12O2. The molecule has 0 aromatic rings. The second-order valence-corrected chi connectivity index (χ2v) is 2.48. The van der Waals surface area contributed by atoms with Gasteiger partial charge in [0.15, 0.2) is 0 Å². The predicted molar refractivity (Wildman–Crippen MR) is 55.9 cm³/mol. The van der Waals surface area contributed by atoms with Crippen LogP contribution in [0, 0.1) is 36.0 Å². The number of hydrogen-bond donors (Lipinski definition) is 2. The van der Waals surface area contributed by atoms with Crippen LogP contribution in [0.3, 0.4) is 0 Å². The third-order valence-electron chi connectivity index (χ3n) is 1.35. The van der Waals surface area contributed by atoms with E-state index < -0.39 is 6.10 Å². The van der Waals surface area contributed by atoms with Crippen LogP contribution >= 0.6 is 0 Å². The van der Waals surface area contributed by atoms with E-state index in [9.17, 15) is 0 Å². The van der Waals surface area contributed by atoms with Gasteiger partial charge in [-0.15, -0.1) is 6.42 Å². The minimum Gasteiger partial charge on any atom is -0.394 e. The Morgan fingerprint density at radius 2 is 2.07 bits per heavy atom. The average molecular weight is 188 g/mol. The van der Waals surface area contributed by atoms with E-state index in [1.807, 2.05) is 6.08 Å². The van der Waals surface area contributed by atoms with Gasteiger partial charge in [-0.1, -0.05) is 12.0 Å². The zero-order valence-electron chi connectivity index (χ0n) is 7.83. The molecule has 0 amide bonds. The molecule has 0 aromatic heterocycles. The van der Waals surface area contributed by atoms with Crippen LogP contribution in [0.25, 0.3) is 0 Å². The fourth-order valence-electron chi connectivity index (χ4n) is 0.667. The van der Waals surface area contributed by atoms with Crippen molar-refractivity contribution in [3.63, 3.8) is 0 Å². The van der Waals surface area contributed by atoms with E-state index in [0.717, 1.165) is 0 Å². The molecule has 0 aromatic carbocycles. The van der Waals surface area contributed by atoms with Crippen LogP contribution in [0.1, 0.15) is 12.8 Å². The van der Waals surface area contributed by atoms with Crippen molar-refractivity contribution in [2.24, 2.45) is 0 Å². The molecule has 0 heterocycles. The summed E-state index contributed by atoms with van der Waals surface area (Å²) in [6, 6.07) is 0. The van der Waals surface area contributed by atoms with E-state index in [1.165, 1.54) is 0 Å². The van der Waals surface area contributed by atoms with Gasteiger partial charge in [-0.3, -0.25) is 0 Å². The van der Waals surface area contributed by atoms with Gasteiger partial charge in [-0.05, 0) is 42.6 Å². The highest BCUT2D eigenvalue weighted by Crippen LogP contribution is 1.96. The van der Waals surface area contributed by atoms with Crippen molar-refractivity contribution in [3.05, 3.63) is 12.2 Å². The van der Waals surface area contributed by atoms with Gasteiger partial charge in [-0.2, -0.15) is 0 Å². The Morgan fingerprint density at radius 3 is 2.71 bits per heavy atom. The fraction of sp³-hybridized carbons (Fsp3) is 0.333. The Hall–Kier alpha value is -1.66. The number of hydrogen-bond acceptors (Lipinski definition) is 2. The molecule has 2 nitrogen and oxygen atoms in total. The number of rotatable bonds is 4. The highest BCUT2D eigenvalue weighted by atomic mass is 16.3. The molecule has 0 aliphatic carbocycles. The maximum Gasteiger partial charge on any atom is 0.0773 e. The smallest absolute Gasteiger partial charge is 0.0773 e. The third-order valence-corrected chi connectivity index (χ3v) is 1.35. The molecular weight excluding hydrogens is 176 g/mol. The fourth-order valence-corrected chi connectivity index (χ4v) is 0.667. The summed E-state index contributed by atoms with van der Waals surface area (Å²) in [4.78, 5) is 0. The Balaban J connectivity index is 3.63. The molecule has 0 saturated heterocycles. The van der Waals surface area contributed by atoms with Crippen molar-refractivity contribution in [2.75, 3.05) is 6.61 Å². The van der Waals surface area contributed by atoms with Crippen molar-refractivity contribution in [1.82, 2.24) is 0 Å².